The van der Waals surface area contributed by atoms with E-state index in [1.54, 1.807) is 17.4 Å². The van der Waals surface area contributed by atoms with Gasteiger partial charge in [0.15, 0.2) is 4.96 Å². The highest BCUT2D eigenvalue weighted by molar-refractivity contribution is 7.17. The van der Waals surface area contributed by atoms with E-state index in [0.717, 1.165) is 21.9 Å². The second-order valence-corrected chi connectivity index (χ2v) is 6.60. The molecule has 0 atom stereocenters. The van der Waals surface area contributed by atoms with Crippen LogP contribution in [0.25, 0.3) is 16.2 Å². The number of imidazole rings is 1. The van der Waals surface area contributed by atoms with E-state index in [1.165, 1.54) is 10.6 Å². The van der Waals surface area contributed by atoms with Crippen LogP contribution in [0.1, 0.15) is 16.3 Å². The molecule has 0 aliphatic heterocycles. The van der Waals surface area contributed by atoms with Gasteiger partial charge in [-0.05, 0) is 26.0 Å². The van der Waals surface area contributed by atoms with E-state index in [1.807, 2.05) is 12.1 Å². The Kier molecular flexibility index (Phi) is 3.50. The zero-order valence-electron chi connectivity index (χ0n) is 11.1. The number of thiazole rings is 1. The molecule has 0 spiro atoms. The van der Waals surface area contributed by atoms with Gasteiger partial charge in [-0.15, -0.1) is 11.3 Å². The molecule has 3 rings (SSSR count). The molecule has 0 amide bonds. The molecule has 0 bridgehead atoms. The lowest BCUT2D eigenvalue weighted by molar-refractivity contribution is 0.941. The van der Waals surface area contributed by atoms with Gasteiger partial charge in [0.1, 0.15) is 0 Å². The van der Waals surface area contributed by atoms with Crippen molar-refractivity contribution in [3.63, 3.8) is 0 Å². The zero-order chi connectivity index (χ0) is 14.4. The van der Waals surface area contributed by atoms with Crippen molar-refractivity contribution in [3.8, 4) is 11.3 Å². The monoisotopic (exact) mass is 325 g/mol. The van der Waals surface area contributed by atoms with Crippen LogP contribution >= 0.6 is 34.5 Å². The van der Waals surface area contributed by atoms with E-state index >= 15 is 0 Å². The number of benzene rings is 1. The topological polar surface area (TPSA) is 43.3 Å². The Labute approximate surface area is 131 Å². The number of halogens is 2. The summed E-state index contributed by atoms with van der Waals surface area (Å²) >= 11 is 13.7. The number of aryl methyl sites for hydroxylation is 2. The Hall–Kier alpha value is -1.07. The van der Waals surface area contributed by atoms with E-state index in [0.29, 0.717) is 16.6 Å². The molecule has 1 aromatic carbocycles. The fourth-order valence-corrected chi connectivity index (χ4v) is 3.56. The fourth-order valence-electron chi connectivity index (χ4n) is 2.28. The number of hydrogen-bond donors (Lipinski definition) is 1. The van der Waals surface area contributed by atoms with Crippen LogP contribution in [0.3, 0.4) is 0 Å². The predicted molar refractivity (Wildman–Crippen MR) is 85.9 cm³/mol. The average molecular weight is 326 g/mol. The summed E-state index contributed by atoms with van der Waals surface area (Å²) in [6.07, 6.45) is 0. The molecular formula is C14H13Cl2N3S. The second-order valence-electron chi connectivity index (χ2n) is 4.60. The summed E-state index contributed by atoms with van der Waals surface area (Å²) in [5, 5.41) is 1.06. The largest absolute Gasteiger partial charge is 0.325 e. The molecule has 0 aliphatic rings. The fraction of sp³-hybridized carbons (Fsp3) is 0.214. The van der Waals surface area contributed by atoms with Crippen LogP contribution in [0.2, 0.25) is 10.0 Å². The first-order valence-electron chi connectivity index (χ1n) is 6.15. The maximum Gasteiger partial charge on any atom is 0.194 e. The summed E-state index contributed by atoms with van der Waals surface area (Å²) in [7, 11) is 0. The zero-order valence-corrected chi connectivity index (χ0v) is 13.4. The van der Waals surface area contributed by atoms with E-state index < -0.39 is 0 Å². The molecule has 2 heterocycles. The molecule has 20 heavy (non-hydrogen) atoms. The number of aromatic nitrogens is 2. The molecule has 0 saturated carbocycles. The summed E-state index contributed by atoms with van der Waals surface area (Å²) in [6, 6.07) is 5.53. The Bertz CT molecular complexity index is 804. The molecular weight excluding hydrogens is 313 g/mol. The van der Waals surface area contributed by atoms with Crippen LogP contribution in [-0.4, -0.2) is 9.38 Å². The first kappa shape index (κ1) is 13.9. The van der Waals surface area contributed by atoms with Crippen LogP contribution in [-0.2, 0) is 6.54 Å². The number of rotatable bonds is 2. The minimum absolute atomic E-state index is 0.424. The van der Waals surface area contributed by atoms with Gasteiger partial charge in [0.05, 0.1) is 21.4 Å². The van der Waals surface area contributed by atoms with Crippen LogP contribution in [0.5, 0.6) is 0 Å². The maximum atomic E-state index is 6.09. The van der Waals surface area contributed by atoms with Crippen molar-refractivity contribution in [1.29, 1.82) is 0 Å². The van der Waals surface area contributed by atoms with Gasteiger partial charge in [-0.2, -0.15) is 0 Å². The molecule has 0 saturated heterocycles. The molecule has 2 N–H and O–H groups in total. The quantitative estimate of drug-likeness (QED) is 0.756. The number of nitrogens with zero attached hydrogens (tertiary/aromatic N) is 2. The molecule has 2 aromatic heterocycles. The molecule has 0 radical (unpaired) electrons. The van der Waals surface area contributed by atoms with Crippen molar-refractivity contribution in [3.05, 3.63) is 44.5 Å². The first-order valence-corrected chi connectivity index (χ1v) is 7.73. The molecule has 0 fully saturated rings. The Balaban J connectivity index is 2.28. The maximum absolute atomic E-state index is 6.09. The minimum Gasteiger partial charge on any atom is -0.325 e. The standard InChI is InChI=1S/C14H13Cl2N3S/c1-7-8(2)20-14-18-13(12(6-17)19(7)14)9-3-4-10(15)11(16)5-9/h3-5H,6,17H2,1-2H3. The van der Waals surface area contributed by atoms with Gasteiger partial charge < -0.3 is 5.73 Å². The van der Waals surface area contributed by atoms with Gasteiger partial charge in [-0.1, -0.05) is 29.3 Å². The number of fused-ring (bicyclic) bond motifs is 1. The second kappa shape index (κ2) is 5.04. The lowest BCUT2D eigenvalue weighted by Gasteiger charge is -2.04. The van der Waals surface area contributed by atoms with Crippen LogP contribution in [0.4, 0.5) is 0 Å². The van der Waals surface area contributed by atoms with Crippen molar-refractivity contribution in [2.45, 2.75) is 20.4 Å². The molecule has 0 unspecified atom stereocenters. The van der Waals surface area contributed by atoms with Crippen LogP contribution < -0.4 is 5.73 Å². The highest BCUT2D eigenvalue weighted by Gasteiger charge is 2.17. The highest BCUT2D eigenvalue weighted by Crippen LogP contribution is 2.33. The number of nitrogens with two attached hydrogens (primary N) is 1. The van der Waals surface area contributed by atoms with Gasteiger partial charge in [0.25, 0.3) is 0 Å². The molecule has 0 aliphatic carbocycles. The molecule has 3 nitrogen and oxygen atoms in total. The molecule has 6 heteroatoms. The lowest BCUT2D eigenvalue weighted by atomic mass is 10.1. The van der Waals surface area contributed by atoms with Gasteiger partial charge >= 0.3 is 0 Å². The Morgan fingerprint density at radius 1 is 1.25 bits per heavy atom. The average Bonchev–Trinajstić information content (AvgIpc) is 2.91. The summed E-state index contributed by atoms with van der Waals surface area (Å²) in [5.41, 5.74) is 9.93. The van der Waals surface area contributed by atoms with Gasteiger partial charge in [-0.3, -0.25) is 4.40 Å². The van der Waals surface area contributed by atoms with E-state index in [9.17, 15) is 0 Å². The van der Waals surface area contributed by atoms with Gasteiger partial charge in [0.2, 0.25) is 0 Å². The molecule has 3 aromatic rings. The third-order valence-electron chi connectivity index (χ3n) is 3.42. The van der Waals surface area contributed by atoms with Crippen molar-refractivity contribution in [2.75, 3.05) is 0 Å². The predicted octanol–water partition coefficient (Wildman–Crippen LogP) is 4.45. The van der Waals surface area contributed by atoms with Crippen LogP contribution in [0.15, 0.2) is 18.2 Å². The Morgan fingerprint density at radius 2 is 2.00 bits per heavy atom. The third-order valence-corrected chi connectivity index (χ3v) is 5.21. The van der Waals surface area contributed by atoms with Crippen molar-refractivity contribution >= 4 is 39.5 Å². The summed E-state index contributed by atoms with van der Waals surface area (Å²) in [4.78, 5) is 6.92. The van der Waals surface area contributed by atoms with Gasteiger partial charge in [0, 0.05) is 22.7 Å². The van der Waals surface area contributed by atoms with Crippen molar-refractivity contribution < 1.29 is 0 Å². The SMILES string of the molecule is Cc1sc2nc(-c3ccc(Cl)c(Cl)c3)c(CN)n2c1C. The van der Waals surface area contributed by atoms with Crippen LogP contribution in [0, 0.1) is 13.8 Å². The normalized spacial score (nSPS) is 11.4. The van der Waals surface area contributed by atoms with E-state index in [2.05, 4.69) is 18.2 Å². The summed E-state index contributed by atoms with van der Waals surface area (Å²) in [6.45, 7) is 4.60. The number of hydrogen-bond acceptors (Lipinski definition) is 3. The minimum atomic E-state index is 0.424. The van der Waals surface area contributed by atoms with E-state index in [-0.39, 0.29) is 0 Å². The lowest BCUT2D eigenvalue weighted by Crippen LogP contribution is -2.03. The third kappa shape index (κ3) is 2.04. The van der Waals surface area contributed by atoms with Crippen molar-refractivity contribution in [1.82, 2.24) is 9.38 Å². The van der Waals surface area contributed by atoms with Crippen molar-refractivity contribution in [2.24, 2.45) is 5.73 Å². The summed E-state index contributed by atoms with van der Waals surface area (Å²) in [5.74, 6) is 0. The molecule has 104 valence electrons. The first-order chi connectivity index (χ1) is 9.52. The smallest absolute Gasteiger partial charge is 0.194 e. The Morgan fingerprint density at radius 3 is 2.65 bits per heavy atom. The van der Waals surface area contributed by atoms with Gasteiger partial charge in [-0.25, -0.2) is 4.98 Å². The highest BCUT2D eigenvalue weighted by atomic mass is 35.5. The van der Waals surface area contributed by atoms with E-state index in [4.69, 9.17) is 33.9 Å². The summed E-state index contributed by atoms with van der Waals surface area (Å²) < 4.78 is 2.12.